The van der Waals surface area contributed by atoms with Crippen LogP contribution in [-0.4, -0.2) is 55.0 Å². The van der Waals surface area contributed by atoms with E-state index >= 15 is 0 Å². The molecule has 4 aromatic rings. The summed E-state index contributed by atoms with van der Waals surface area (Å²) in [7, 11) is 0. The van der Waals surface area contributed by atoms with Gasteiger partial charge in [0, 0.05) is 30.2 Å². The van der Waals surface area contributed by atoms with Gasteiger partial charge in [-0.2, -0.15) is 0 Å². The maximum atomic E-state index is 11.4. The highest BCUT2D eigenvalue weighted by atomic mass is 16.5. The Kier molecular flexibility index (Phi) is 11.4. The molecule has 2 aliphatic carbocycles. The highest BCUT2D eigenvalue weighted by molar-refractivity contribution is 6.03. The number of phenols is 5. The molecule has 1 aliphatic heterocycles. The second kappa shape index (κ2) is 16.2. The van der Waals surface area contributed by atoms with Gasteiger partial charge in [0.05, 0.1) is 17.1 Å². The fourth-order valence-corrected chi connectivity index (χ4v) is 9.94. The van der Waals surface area contributed by atoms with E-state index in [1.54, 1.807) is 18.2 Å². The van der Waals surface area contributed by atoms with Gasteiger partial charge in [0.25, 0.3) is 0 Å². The number of aryl methyl sites for hydroxylation is 2. The van der Waals surface area contributed by atoms with Crippen molar-refractivity contribution < 1.29 is 35.4 Å². The van der Waals surface area contributed by atoms with Gasteiger partial charge in [-0.15, -0.1) is 0 Å². The zero-order chi connectivity index (χ0) is 37.9. The molecule has 4 unspecified atom stereocenters. The van der Waals surface area contributed by atoms with Crippen molar-refractivity contribution in [3.05, 3.63) is 88.0 Å². The average molecular weight is 736 g/mol. The molecule has 7 rings (SSSR count). The number of ether oxygens (including phenoxy) is 1. The molecule has 0 amide bonds. The summed E-state index contributed by atoms with van der Waals surface area (Å²) in [6.45, 7) is 3.79. The van der Waals surface area contributed by atoms with E-state index in [0.717, 1.165) is 76.5 Å². The largest absolute Gasteiger partial charge is 0.507 e. The number of aliphatic hydroxyl groups is 1. The minimum Gasteiger partial charge on any atom is -0.507 e. The monoisotopic (exact) mass is 735 g/mol. The lowest BCUT2D eigenvalue weighted by Crippen LogP contribution is -2.57. The first kappa shape index (κ1) is 38.1. The zero-order valence-corrected chi connectivity index (χ0v) is 31.6. The van der Waals surface area contributed by atoms with Crippen LogP contribution in [-0.2, 0) is 30.5 Å². The summed E-state index contributed by atoms with van der Waals surface area (Å²) in [5.41, 5.74) is 5.64. The minimum atomic E-state index is -0.350. The lowest BCUT2D eigenvalue weighted by atomic mass is 9.59. The van der Waals surface area contributed by atoms with Crippen molar-refractivity contribution in [1.29, 1.82) is 0 Å². The fraction of sp³-hybridized carbons (Fsp3) is 0.478. The van der Waals surface area contributed by atoms with Gasteiger partial charge in [-0.3, -0.25) is 0 Å². The molecule has 3 fully saturated rings. The van der Waals surface area contributed by atoms with Crippen LogP contribution in [0.4, 0.5) is 0 Å². The molecule has 1 heterocycles. The number of nitrogens with one attached hydrogen (secondary N) is 1. The Bertz CT molecular complexity index is 1980. The van der Waals surface area contributed by atoms with Crippen LogP contribution in [0, 0.1) is 5.41 Å². The molecule has 8 heteroatoms. The van der Waals surface area contributed by atoms with Crippen LogP contribution < -0.4 is 5.32 Å². The molecule has 4 atom stereocenters. The van der Waals surface area contributed by atoms with E-state index in [0.29, 0.717) is 41.0 Å². The minimum absolute atomic E-state index is 0.110. The second-order valence-corrected chi connectivity index (χ2v) is 16.2. The molecule has 2 spiro atoms. The number of hydrogen-bond donors (Lipinski definition) is 7. The van der Waals surface area contributed by atoms with Gasteiger partial charge in [-0.05, 0) is 122 Å². The van der Waals surface area contributed by atoms with Gasteiger partial charge >= 0.3 is 0 Å². The third-order valence-electron chi connectivity index (χ3n) is 12.9. The number of fused-ring (bicyclic) bond motifs is 2. The van der Waals surface area contributed by atoms with Crippen molar-refractivity contribution in [1.82, 2.24) is 5.32 Å². The number of unbranched alkanes of at least 4 members (excludes halogenated alkanes) is 2. The van der Waals surface area contributed by atoms with Gasteiger partial charge in [0.2, 0.25) is 0 Å². The number of aromatic hydroxyl groups is 5. The zero-order valence-electron chi connectivity index (χ0n) is 31.6. The van der Waals surface area contributed by atoms with Gasteiger partial charge in [0.1, 0.15) is 5.75 Å². The van der Waals surface area contributed by atoms with Gasteiger partial charge in [0.15, 0.2) is 23.0 Å². The maximum absolute atomic E-state index is 11.4. The number of benzene rings is 4. The first-order valence-corrected chi connectivity index (χ1v) is 20.2. The Morgan fingerprint density at radius 2 is 1.63 bits per heavy atom. The molecule has 4 aromatic carbocycles. The smallest absolute Gasteiger partial charge is 0.169 e. The van der Waals surface area contributed by atoms with Crippen LogP contribution in [0.2, 0.25) is 0 Å². The Morgan fingerprint density at radius 3 is 2.43 bits per heavy atom. The summed E-state index contributed by atoms with van der Waals surface area (Å²) >= 11 is 0. The summed E-state index contributed by atoms with van der Waals surface area (Å²) < 4.78 is 6.72. The van der Waals surface area contributed by atoms with Crippen molar-refractivity contribution in [2.75, 3.05) is 6.61 Å². The van der Waals surface area contributed by atoms with Gasteiger partial charge in [-0.25, -0.2) is 0 Å². The van der Waals surface area contributed by atoms with E-state index in [1.807, 2.05) is 12.1 Å². The summed E-state index contributed by atoms with van der Waals surface area (Å²) in [5.74, 6) is -1.19. The number of aliphatic hydroxyl groups excluding tert-OH is 1. The quantitative estimate of drug-likeness (QED) is 0.0434. The molecule has 7 N–H and O–H groups in total. The van der Waals surface area contributed by atoms with Crippen LogP contribution in [0.1, 0.15) is 117 Å². The highest BCUT2D eigenvalue weighted by Crippen LogP contribution is 2.59. The van der Waals surface area contributed by atoms with Crippen molar-refractivity contribution >= 4 is 22.9 Å². The number of phenolic OH excluding ortho intramolecular Hbond substituents is 5. The topological polar surface area (TPSA) is 143 Å². The summed E-state index contributed by atoms with van der Waals surface area (Å²) in [6, 6.07) is 16.7. The SMILES string of the molecule is CCCCCc1cc(CCc2c(O)c(O)c3c(O)cccc3c2C=Cc2ccc(O)c(O)c2)ccc1CNC1CCOC2(CCCCC23CCC(O)C3)C1. The molecule has 54 heavy (non-hydrogen) atoms. The molecule has 288 valence electrons. The molecular formula is C46H57NO7. The summed E-state index contributed by atoms with van der Waals surface area (Å²) in [4.78, 5) is 0. The molecular weight excluding hydrogens is 679 g/mol. The standard InChI is InChI=1S/C46H57NO7/c1-2-3-4-8-32-25-30(11-15-33(32)29-47-34-20-24-54-46(27-34)22-6-5-21-45(46)23-19-35(48)28-45)13-17-38-36(16-12-31-14-18-39(49)41(51)26-31)37-9-7-10-40(50)42(37)44(53)43(38)52/h7,9-12,14-16,18,25-26,34-35,47-53H,2-6,8,13,17,19-24,27-29H2,1H3. The first-order chi connectivity index (χ1) is 26.1. The molecule has 0 radical (unpaired) electrons. The molecule has 0 bridgehead atoms. The number of rotatable bonds is 12. The Balaban J connectivity index is 1.12. The van der Waals surface area contributed by atoms with E-state index in [2.05, 4.69) is 30.4 Å². The number of hydrogen-bond acceptors (Lipinski definition) is 8. The van der Waals surface area contributed by atoms with E-state index in [-0.39, 0.29) is 51.3 Å². The molecule has 8 nitrogen and oxygen atoms in total. The second-order valence-electron chi connectivity index (χ2n) is 16.2. The predicted octanol–water partition coefficient (Wildman–Crippen LogP) is 9.17. The Morgan fingerprint density at radius 1 is 0.778 bits per heavy atom. The van der Waals surface area contributed by atoms with Crippen molar-refractivity contribution in [3.63, 3.8) is 0 Å². The first-order valence-electron chi connectivity index (χ1n) is 20.2. The third kappa shape index (κ3) is 7.66. The van der Waals surface area contributed by atoms with Crippen LogP contribution in [0.3, 0.4) is 0 Å². The lowest BCUT2D eigenvalue weighted by molar-refractivity contribution is -0.188. The van der Waals surface area contributed by atoms with Crippen LogP contribution >= 0.6 is 0 Å². The highest BCUT2D eigenvalue weighted by Gasteiger charge is 2.57. The van der Waals surface area contributed by atoms with E-state index < -0.39 is 0 Å². The Hall–Kier alpha value is -4.24. The maximum Gasteiger partial charge on any atom is 0.169 e. The van der Waals surface area contributed by atoms with Crippen LogP contribution in [0.25, 0.3) is 22.9 Å². The Labute approximate surface area is 319 Å². The molecule has 0 aromatic heterocycles. The van der Waals surface area contributed by atoms with Crippen LogP contribution in [0.5, 0.6) is 28.7 Å². The summed E-state index contributed by atoms with van der Waals surface area (Å²) in [5, 5.41) is 68.3. The lowest BCUT2D eigenvalue weighted by Gasteiger charge is -2.55. The molecule has 2 saturated carbocycles. The fourth-order valence-electron chi connectivity index (χ4n) is 9.94. The van der Waals surface area contributed by atoms with E-state index in [1.165, 1.54) is 55.0 Å². The van der Waals surface area contributed by atoms with E-state index in [9.17, 15) is 30.6 Å². The van der Waals surface area contributed by atoms with Crippen molar-refractivity contribution in [2.45, 2.75) is 128 Å². The van der Waals surface area contributed by atoms with Crippen LogP contribution in [0.15, 0.2) is 54.6 Å². The van der Waals surface area contributed by atoms with Crippen molar-refractivity contribution in [3.8, 4) is 28.7 Å². The van der Waals surface area contributed by atoms with Crippen molar-refractivity contribution in [2.24, 2.45) is 5.41 Å². The predicted molar refractivity (Wildman–Crippen MR) is 214 cm³/mol. The molecule has 1 saturated heterocycles. The van der Waals surface area contributed by atoms with E-state index in [4.69, 9.17) is 4.74 Å². The van der Waals surface area contributed by atoms with Gasteiger partial charge in [-0.1, -0.05) is 81.2 Å². The normalized spacial score (nSPS) is 24.3. The average Bonchev–Trinajstić information content (AvgIpc) is 3.55. The third-order valence-corrected chi connectivity index (χ3v) is 12.9. The van der Waals surface area contributed by atoms with Gasteiger partial charge < -0.3 is 40.7 Å². The molecule has 3 aliphatic rings. The summed E-state index contributed by atoms with van der Waals surface area (Å²) in [6.07, 6.45) is 18.4.